The van der Waals surface area contributed by atoms with Crippen LogP contribution in [0.15, 0.2) is 29.2 Å². The Morgan fingerprint density at radius 3 is 2.57 bits per heavy atom. The van der Waals surface area contributed by atoms with Gasteiger partial charge < -0.3 is 10.6 Å². The Kier molecular flexibility index (Phi) is 4.88. The molecule has 0 aliphatic carbocycles. The molecule has 0 aromatic heterocycles. The normalized spacial score (nSPS) is 19.5. The second-order valence-corrected chi connectivity index (χ2v) is 7.80. The number of carbonyl (C=O) groups excluding carboxylic acids is 1. The van der Waals surface area contributed by atoms with Crippen LogP contribution in [0, 0.1) is 5.92 Å². The van der Waals surface area contributed by atoms with Crippen molar-refractivity contribution in [2.45, 2.75) is 31.1 Å². The van der Waals surface area contributed by atoms with Crippen molar-refractivity contribution in [1.82, 2.24) is 0 Å². The van der Waals surface area contributed by atoms with E-state index in [1.807, 2.05) is 12.1 Å². The van der Waals surface area contributed by atoms with E-state index in [0.717, 1.165) is 31.6 Å². The Labute approximate surface area is 126 Å². The molecule has 2 N–H and O–H groups in total. The van der Waals surface area contributed by atoms with Crippen LogP contribution >= 0.6 is 0 Å². The van der Waals surface area contributed by atoms with Crippen molar-refractivity contribution in [2.24, 2.45) is 11.7 Å². The number of carbonyl (C=O) groups is 1. The van der Waals surface area contributed by atoms with E-state index in [4.69, 9.17) is 5.73 Å². The van der Waals surface area contributed by atoms with E-state index in [9.17, 15) is 13.2 Å². The standard InChI is InChI=1S/C15H22N2O3S/c1-2-21(19,20)14-7-5-13(6-8-14)17-9-3-4-12(11-17)10-15(16)18/h5-8,12H,2-4,9-11H2,1H3,(H2,16,18). The van der Waals surface area contributed by atoms with Gasteiger partial charge in [-0.05, 0) is 43.0 Å². The monoisotopic (exact) mass is 310 g/mol. The fourth-order valence-electron chi connectivity index (χ4n) is 2.78. The molecule has 1 saturated heterocycles. The van der Waals surface area contributed by atoms with Crippen LogP contribution < -0.4 is 10.6 Å². The van der Waals surface area contributed by atoms with Crippen molar-refractivity contribution in [3.8, 4) is 0 Å². The lowest BCUT2D eigenvalue weighted by Gasteiger charge is -2.34. The maximum atomic E-state index is 11.8. The summed E-state index contributed by atoms with van der Waals surface area (Å²) in [5.41, 5.74) is 6.27. The zero-order valence-corrected chi connectivity index (χ0v) is 13.1. The molecule has 1 heterocycles. The highest BCUT2D eigenvalue weighted by Crippen LogP contribution is 2.26. The number of nitrogens with two attached hydrogens (primary N) is 1. The van der Waals surface area contributed by atoms with E-state index in [1.165, 1.54) is 0 Å². The highest BCUT2D eigenvalue weighted by molar-refractivity contribution is 7.91. The van der Waals surface area contributed by atoms with Crippen molar-refractivity contribution < 1.29 is 13.2 Å². The van der Waals surface area contributed by atoms with E-state index in [2.05, 4.69) is 4.90 Å². The molecule has 0 spiro atoms. The first-order valence-corrected chi connectivity index (χ1v) is 8.93. The largest absolute Gasteiger partial charge is 0.371 e. The van der Waals surface area contributed by atoms with Crippen molar-refractivity contribution in [1.29, 1.82) is 0 Å². The van der Waals surface area contributed by atoms with Gasteiger partial charge in [-0.3, -0.25) is 4.79 Å². The molecule has 2 rings (SSSR count). The smallest absolute Gasteiger partial charge is 0.217 e. The molecule has 1 fully saturated rings. The fourth-order valence-corrected chi connectivity index (χ4v) is 3.67. The highest BCUT2D eigenvalue weighted by Gasteiger charge is 2.22. The SMILES string of the molecule is CCS(=O)(=O)c1ccc(N2CCCC(CC(N)=O)C2)cc1. The van der Waals surface area contributed by atoms with Gasteiger partial charge in [-0.1, -0.05) is 6.92 Å². The van der Waals surface area contributed by atoms with Crippen LogP contribution in [0.3, 0.4) is 0 Å². The van der Waals surface area contributed by atoms with Crippen LogP contribution in [0.4, 0.5) is 5.69 Å². The maximum absolute atomic E-state index is 11.8. The molecular weight excluding hydrogens is 288 g/mol. The molecule has 1 atom stereocenters. The summed E-state index contributed by atoms with van der Waals surface area (Å²) in [7, 11) is -3.15. The van der Waals surface area contributed by atoms with E-state index >= 15 is 0 Å². The summed E-state index contributed by atoms with van der Waals surface area (Å²) in [5, 5.41) is 0. The average Bonchev–Trinajstić information content (AvgIpc) is 2.47. The molecule has 1 aromatic carbocycles. The van der Waals surface area contributed by atoms with Gasteiger partial charge in [0.25, 0.3) is 0 Å². The second-order valence-electron chi connectivity index (χ2n) is 5.52. The Balaban J connectivity index is 2.10. The second kappa shape index (κ2) is 6.47. The van der Waals surface area contributed by atoms with Crippen molar-refractivity contribution in [3.63, 3.8) is 0 Å². The molecule has 1 unspecified atom stereocenters. The minimum absolute atomic E-state index is 0.108. The maximum Gasteiger partial charge on any atom is 0.217 e. The first-order chi connectivity index (χ1) is 9.92. The zero-order chi connectivity index (χ0) is 15.5. The molecule has 0 radical (unpaired) electrons. The lowest BCUT2D eigenvalue weighted by molar-refractivity contribution is -0.118. The summed E-state index contributed by atoms with van der Waals surface area (Å²) in [6.45, 7) is 3.36. The first kappa shape index (κ1) is 15.8. The van der Waals surface area contributed by atoms with Gasteiger partial charge in [0.1, 0.15) is 0 Å². The molecular formula is C15H22N2O3S. The Morgan fingerprint density at radius 2 is 2.00 bits per heavy atom. The summed E-state index contributed by atoms with van der Waals surface area (Å²) in [5.74, 6) is 0.137. The van der Waals surface area contributed by atoms with E-state index in [-0.39, 0.29) is 17.6 Å². The van der Waals surface area contributed by atoms with Crippen molar-refractivity contribution in [2.75, 3.05) is 23.7 Å². The molecule has 1 amide bonds. The molecule has 5 nitrogen and oxygen atoms in total. The third kappa shape index (κ3) is 3.97. The molecule has 0 saturated carbocycles. The summed E-state index contributed by atoms with van der Waals surface area (Å²) >= 11 is 0. The molecule has 21 heavy (non-hydrogen) atoms. The number of hydrogen-bond acceptors (Lipinski definition) is 4. The predicted octanol–water partition coefficient (Wildman–Crippen LogP) is 1.57. The van der Waals surface area contributed by atoms with Crippen LogP contribution in [-0.4, -0.2) is 33.2 Å². The van der Waals surface area contributed by atoms with Crippen LogP contribution in [0.1, 0.15) is 26.2 Å². The Bertz CT molecular complexity index is 596. The lowest BCUT2D eigenvalue weighted by Crippen LogP contribution is -2.37. The van der Waals surface area contributed by atoms with Gasteiger partial charge in [-0.25, -0.2) is 8.42 Å². The van der Waals surface area contributed by atoms with Crippen LogP contribution in [0.25, 0.3) is 0 Å². The number of primary amides is 1. The summed E-state index contributed by atoms with van der Waals surface area (Å²) in [6, 6.07) is 7.00. The van der Waals surface area contributed by atoms with Gasteiger partial charge in [0, 0.05) is 25.2 Å². The number of nitrogens with zero attached hydrogens (tertiary/aromatic N) is 1. The summed E-state index contributed by atoms with van der Waals surface area (Å²) < 4.78 is 23.6. The molecule has 1 aliphatic rings. The van der Waals surface area contributed by atoms with Gasteiger partial charge in [-0.2, -0.15) is 0 Å². The number of hydrogen-bond donors (Lipinski definition) is 1. The van der Waals surface area contributed by atoms with Crippen LogP contribution in [-0.2, 0) is 14.6 Å². The fraction of sp³-hybridized carbons (Fsp3) is 0.533. The number of benzene rings is 1. The van der Waals surface area contributed by atoms with E-state index < -0.39 is 9.84 Å². The lowest BCUT2D eigenvalue weighted by atomic mass is 9.94. The number of piperidine rings is 1. The number of sulfone groups is 1. The average molecular weight is 310 g/mol. The minimum Gasteiger partial charge on any atom is -0.371 e. The highest BCUT2D eigenvalue weighted by atomic mass is 32.2. The zero-order valence-electron chi connectivity index (χ0n) is 12.3. The quantitative estimate of drug-likeness (QED) is 0.895. The molecule has 6 heteroatoms. The van der Waals surface area contributed by atoms with Gasteiger partial charge in [0.2, 0.25) is 5.91 Å². The van der Waals surface area contributed by atoms with Crippen LogP contribution in [0.2, 0.25) is 0 Å². The molecule has 1 aromatic rings. The third-order valence-corrected chi connectivity index (χ3v) is 5.70. The topological polar surface area (TPSA) is 80.5 Å². The minimum atomic E-state index is -3.15. The van der Waals surface area contributed by atoms with E-state index in [0.29, 0.717) is 11.3 Å². The number of rotatable bonds is 5. The van der Waals surface area contributed by atoms with Gasteiger partial charge >= 0.3 is 0 Å². The van der Waals surface area contributed by atoms with Gasteiger partial charge in [-0.15, -0.1) is 0 Å². The van der Waals surface area contributed by atoms with Crippen LogP contribution in [0.5, 0.6) is 0 Å². The van der Waals surface area contributed by atoms with Crippen molar-refractivity contribution in [3.05, 3.63) is 24.3 Å². The molecule has 0 bridgehead atoms. The molecule has 1 aliphatic heterocycles. The Morgan fingerprint density at radius 1 is 1.33 bits per heavy atom. The van der Waals surface area contributed by atoms with Gasteiger partial charge in [0.15, 0.2) is 9.84 Å². The number of amides is 1. The molecule has 116 valence electrons. The van der Waals surface area contributed by atoms with Gasteiger partial charge in [0.05, 0.1) is 10.6 Å². The first-order valence-electron chi connectivity index (χ1n) is 7.28. The third-order valence-electron chi connectivity index (χ3n) is 3.95. The predicted molar refractivity (Wildman–Crippen MR) is 82.9 cm³/mol. The van der Waals surface area contributed by atoms with E-state index in [1.54, 1.807) is 19.1 Å². The Hall–Kier alpha value is -1.56. The van der Waals surface area contributed by atoms with Crippen molar-refractivity contribution >= 4 is 21.4 Å². The summed E-state index contributed by atoms with van der Waals surface area (Å²) in [6.07, 6.45) is 2.45. The number of anilines is 1. The summed E-state index contributed by atoms with van der Waals surface area (Å²) in [4.78, 5) is 13.6.